The molecule has 0 bridgehead atoms. The number of sulfonamides is 1. The number of hydrogen-bond acceptors (Lipinski definition) is 6. The van der Waals surface area contributed by atoms with Crippen LogP contribution in [0, 0.1) is 17.2 Å². The summed E-state index contributed by atoms with van der Waals surface area (Å²) in [4.78, 5) is 31.3. The van der Waals surface area contributed by atoms with E-state index in [2.05, 4.69) is 23.1 Å². The van der Waals surface area contributed by atoms with E-state index in [9.17, 15) is 22.4 Å². The van der Waals surface area contributed by atoms with Crippen LogP contribution in [0.3, 0.4) is 0 Å². The minimum atomic E-state index is -3.87. The van der Waals surface area contributed by atoms with Gasteiger partial charge in [0, 0.05) is 37.9 Å². The average molecular weight is 640 g/mol. The second-order valence-corrected chi connectivity index (χ2v) is 14.6. The van der Waals surface area contributed by atoms with Crippen molar-refractivity contribution in [2.24, 2.45) is 11.3 Å². The van der Waals surface area contributed by atoms with Crippen molar-refractivity contribution in [1.29, 1.82) is 0 Å². The minimum Gasteiger partial charge on any atom is -0.273 e. The highest BCUT2D eigenvalue weighted by Crippen LogP contribution is 2.53. The summed E-state index contributed by atoms with van der Waals surface area (Å²) < 4.78 is 45.0. The van der Waals surface area contributed by atoms with Crippen LogP contribution in [0.5, 0.6) is 0 Å². The summed E-state index contributed by atoms with van der Waals surface area (Å²) in [5, 5.41) is 4.61. The topological polar surface area (TPSA) is 105 Å². The Hall–Kier alpha value is -4.48. The average Bonchev–Trinajstić information content (AvgIpc) is 3.68. The second-order valence-electron chi connectivity index (χ2n) is 12.5. The Labute approximate surface area is 267 Å². The molecule has 4 aromatic rings. The van der Waals surface area contributed by atoms with Gasteiger partial charge in [-0.05, 0) is 90.8 Å². The number of rotatable bonds is 10. The molecular weight excluding hydrogens is 605 g/mol. The Balaban J connectivity index is 1.12. The highest BCUT2D eigenvalue weighted by molar-refractivity contribution is 7.89. The van der Waals surface area contributed by atoms with E-state index in [0.717, 1.165) is 40.4 Å². The molecule has 3 heterocycles. The van der Waals surface area contributed by atoms with Crippen LogP contribution in [0.1, 0.15) is 57.4 Å². The Bertz CT molecular complexity index is 1920. The lowest BCUT2D eigenvalue weighted by molar-refractivity contribution is 0.0663. The van der Waals surface area contributed by atoms with E-state index in [1.165, 1.54) is 22.0 Å². The zero-order valence-electron chi connectivity index (χ0n) is 25.5. The van der Waals surface area contributed by atoms with E-state index in [-0.39, 0.29) is 36.0 Å². The predicted octanol–water partition coefficient (Wildman–Crippen LogP) is 4.93. The van der Waals surface area contributed by atoms with Crippen LogP contribution in [0.4, 0.5) is 4.39 Å². The van der Waals surface area contributed by atoms with Gasteiger partial charge < -0.3 is 0 Å². The van der Waals surface area contributed by atoms with Crippen molar-refractivity contribution in [2.45, 2.75) is 32.6 Å². The summed E-state index contributed by atoms with van der Waals surface area (Å²) in [6, 6.07) is 18.4. The van der Waals surface area contributed by atoms with Gasteiger partial charge in [-0.1, -0.05) is 30.7 Å². The van der Waals surface area contributed by atoms with Crippen molar-refractivity contribution in [3.05, 3.63) is 119 Å². The van der Waals surface area contributed by atoms with E-state index in [1.54, 1.807) is 42.6 Å². The molecule has 9 nitrogen and oxygen atoms in total. The van der Waals surface area contributed by atoms with Gasteiger partial charge in [-0.25, -0.2) is 21.8 Å². The summed E-state index contributed by atoms with van der Waals surface area (Å²) in [6.45, 7) is 2.54. The van der Waals surface area contributed by atoms with Crippen LogP contribution in [-0.2, 0) is 22.9 Å². The van der Waals surface area contributed by atoms with Gasteiger partial charge in [-0.2, -0.15) is 5.10 Å². The maximum Gasteiger partial charge on any atom is 0.261 e. The number of amides is 2. The zero-order chi connectivity index (χ0) is 32.1. The number of halogens is 1. The maximum absolute atomic E-state index is 14.0. The predicted molar refractivity (Wildman–Crippen MR) is 171 cm³/mol. The first-order valence-electron chi connectivity index (χ1n) is 15.5. The molecule has 2 amide bonds. The first-order chi connectivity index (χ1) is 22.1. The van der Waals surface area contributed by atoms with Gasteiger partial charge in [0.15, 0.2) is 0 Å². The lowest BCUT2D eigenvalue weighted by Gasteiger charge is -2.38. The van der Waals surface area contributed by atoms with Gasteiger partial charge in [0.2, 0.25) is 10.0 Å². The van der Waals surface area contributed by atoms with Gasteiger partial charge in [0.05, 0.1) is 34.5 Å². The number of carbonyl (C=O) groups is 2. The SMILES string of the molecule is C[C@]12Cc3cnn(-c4ccc(F)cc4)c3C=C1CC[C@@H]2CN(CCc1ccccn1)S(=O)(=O)CCN1C(=O)c2ccccc2C1=O. The number of nitrogens with zero attached hydrogens (tertiary/aromatic N) is 5. The number of carbonyl (C=O) groups excluding carboxylic acids is 2. The van der Waals surface area contributed by atoms with Crippen molar-refractivity contribution >= 4 is 27.9 Å². The van der Waals surface area contributed by atoms with Crippen molar-refractivity contribution in [3.8, 4) is 5.69 Å². The van der Waals surface area contributed by atoms with E-state index in [0.29, 0.717) is 30.5 Å². The molecule has 2 aliphatic carbocycles. The fourth-order valence-electron chi connectivity index (χ4n) is 7.17. The molecular formula is C35H34FN5O4S. The maximum atomic E-state index is 14.0. The molecule has 1 fully saturated rings. The minimum absolute atomic E-state index is 0.0406. The van der Waals surface area contributed by atoms with E-state index < -0.39 is 21.8 Å². The molecule has 0 spiro atoms. The molecule has 0 unspecified atom stereocenters. The van der Waals surface area contributed by atoms with Gasteiger partial charge in [-0.3, -0.25) is 19.5 Å². The third-order valence-electron chi connectivity index (χ3n) is 9.83. The van der Waals surface area contributed by atoms with Gasteiger partial charge in [-0.15, -0.1) is 0 Å². The lowest BCUT2D eigenvalue weighted by atomic mass is 9.70. The van der Waals surface area contributed by atoms with Crippen LogP contribution in [-0.4, -0.2) is 69.6 Å². The third kappa shape index (κ3) is 5.37. The number of aromatic nitrogens is 3. The molecule has 1 aliphatic heterocycles. The highest BCUT2D eigenvalue weighted by Gasteiger charge is 2.47. The first kappa shape index (κ1) is 30.2. The summed E-state index contributed by atoms with van der Waals surface area (Å²) in [5.74, 6) is -1.55. The fraction of sp³-hybridized carbons (Fsp3) is 0.314. The van der Waals surface area contributed by atoms with Gasteiger partial charge in [0.25, 0.3) is 11.8 Å². The van der Waals surface area contributed by atoms with E-state index in [1.807, 2.05) is 29.1 Å². The van der Waals surface area contributed by atoms with Crippen molar-refractivity contribution < 1.29 is 22.4 Å². The number of imide groups is 1. The Morgan fingerprint density at radius 1 is 1.00 bits per heavy atom. The molecule has 0 saturated heterocycles. The molecule has 1 saturated carbocycles. The highest BCUT2D eigenvalue weighted by atomic mass is 32.2. The Morgan fingerprint density at radius 2 is 1.72 bits per heavy atom. The van der Waals surface area contributed by atoms with E-state index in [4.69, 9.17) is 0 Å². The lowest BCUT2D eigenvalue weighted by Crippen LogP contribution is -2.44. The van der Waals surface area contributed by atoms with Crippen LogP contribution in [0.2, 0.25) is 0 Å². The summed E-state index contributed by atoms with van der Waals surface area (Å²) in [7, 11) is -3.87. The molecule has 46 heavy (non-hydrogen) atoms. The van der Waals surface area contributed by atoms with Crippen LogP contribution in [0.15, 0.2) is 84.7 Å². The molecule has 2 aromatic heterocycles. The molecule has 3 aliphatic rings. The Kier molecular flexibility index (Phi) is 7.68. The zero-order valence-corrected chi connectivity index (χ0v) is 26.3. The molecule has 2 atom stereocenters. The normalized spacial score (nSPS) is 20.5. The molecule has 0 radical (unpaired) electrons. The van der Waals surface area contributed by atoms with Crippen molar-refractivity contribution in [2.75, 3.05) is 25.4 Å². The second kappa shape index (κ2) is 11.7. The number of hydrogen-bond donors (Lipinski definition) is 0. The molecule has 236 valence electrons. The van der Waals surface area contributed by atoms with Crippen LogP contribution >= 0.6 is 0 Å². The standard InChI is InChI=1S/C35H34FN5O4S/c1-35-21-24-22-38-41(29-13-11-27(36)12-14-29)32(24)20-25(35)9-10-26(35)23-39(17-15-28-6-4-5-16-37-28)46(44,45)19-18-40-33(42)30-7-2-3-8-31(30)34(40)43/h2-8,11-14,16,20,22,26H,9-10,15,17-19,21,23H2,1H3/t26-,35+/m1/s1. The van der Waals surface area contributed by atoms with Crippen molar-refractivity contribution in [1.82, 2.24) is 24.0 Å². The van der Waals surface area contributed by atoms with Crippen LogP contribution < -0.4 is 0 Å². The summed E-state index contributed by atoms with van der Waals surface area (Å²) >= 11 is 0. The summed E-state index contributed by atoms with van der Waals surface area (Å²) in [5.41, 5.74) is 5.19. The molecule has 7 rings (SSSR count). The molecule has 0 N–H and O–H groups in total. The number of benzene rings is 2. The van der Waals surface area contributed by atoms with Gasteiger partial charge >= 0.3 is 0 Å². The van der Waals surface area contributed by atoms with Crippen molar-refractivity contribution in [3.63, 3.8) is 0 Å². The number of pyridine rings is 1. The molecule has 2 aromatic carbocycles. The van der Waals surface area contributed by atoms with E-state index >= 15 is 0 Å². The smallest absolute Gasteiger partial charge is 0.261 e. The molecule has 11 heteroatoms. The largest absolute Gasteiger partial charge is 0.273 e. The monoisotopic (exact) mass is 639 g/mol. The third-order valence-corrected chi connectivity index (χ3v) is 11.7. The number of fused-ring (bicyclic) bond motifs is 3. The first-order valence-corrected chi connectivity index (χ1v) is 17.1. The van der Waals surface area contributed by atoms with Crippen LogP contribution in [0.25, 0.3) is 11.8 Å². The Morgan fingerprint density at radius 3 is 2.41 bits per heavy atom. The summed E-state index contributed by atoms with van der Waals surface area (Å²) in [6.07, 6.45) is 8.52. The van der Waals surface area contributed by atoms with Gasteiger partial charge in [0.1, 0.15) is 5.82 Å². The fourth-order valence-corrected chi connectivity index (χ4v) is 8.62. The number of allylic oxidation sites excluding steroid dienone is 1. The quantitative estimate of drug-likeness (QED) is 0.228.